The highest BCUT2D eigenvalue weighted by molar-refractivity contribution is 6.31. The molecular weight excluding hydrogens is 90.1 g/mol. The molecule has 0 fully saturated rings. The third kappa shape index (κ3) is 1350. The van der Waals surface area contributed by atoms with Gasteiger partial charge in [-0.15, -0.1) is 0 Å². The Morgan fingerprint density at radius 1 is 1.17 bits per heavy atom. The van der Waals surface area contributed by atoms with Gasteiger partial charge in [-0.25, -0.2) is 0 Å². The largest absolute Gasteiger partial charge is 0.323 e. The fraction of sp³-hybridized carbons (Fsp3) is 1.00. The van der Waals surface area contributed by atoms with Gasteiger partial charge in [-0.05, 0) is 14.1 Å². The van der Waals surface area contributed by atoms with E-state index in [9.17, 15) is 0 Å². The predicted molar refractivity (Wildman–Crippen MR) is 35.3 cm³/mol. The molecule has 40 valence electrons. The molecule has 0 aliphatic rings. The second-order valence-electron chi connectivity index (χ2n) is 1.21. The van der Waals surface area contributed by atoms with Gasteiger partial charge in [0.15, 0.2) is 0 Å². The summed E-state index contributed by atoms with van der Waals surface area (Å²) in [7, 11) is 4.17. The summed E-state index contributed by atoms with van der Waals surface area (Å²) in [5.74, 6) is 0. The van der Waals surface area contributed by atoms with Crippen molar-refractivity contribution in [3.05, 3.63) is 0 Å². The van der Waals surface area contributed by atoms with Crippen molar-refractivity contribution < 1.29 is 0 Å². The van der Waals surface area contributed by atoms with Gasteiger partial charge in [-0.1, -0.05) is 13.1 Å². The molecule has 0 saturated carbocycles. The van der Waals surface area contributed by atoms with Crippen LogP contribution in [0, 0.1) is 0 Å². The van der Waals surface area contributed by atoms with Gasteiger partial charge in [0.1, 0.15) is 0 Å². The SMILES string of the molecule is CNC.C[SiH2]C. The van der Waals surface area contributed by atoms with Crippen molar-refractivity contribution in [3.63, 3.8) is 0 Å². The molecule has 6 heavy (non-hydrogen) atoms. The van der Waals surface area contributed by atoms with Crippen molar-refractivity contribution >= 4 is 9.52 Å². The van der Waals surface area contributed by atoms with E-state index in [1.54, 1.807) is 0 Å². The van der Waals surface area contributed by atoms with Crippen LogP contribution in [0.15, 0.2) is 0 Å². The van der Waals surface area contributed by atoms with Crippen LogP contribution < -0.4 is 5.32 Å². The Morgan fingerprint density at radius 2 is 1.17 bits per heavy atom. The van der Waals surface area contributed by atoms with Crippen LogP contribution in [0.4, 0.5) is 0 Å². The zero-order valence-electron chi connectivity index (χ0n) is 5.21. The highest BCUT2D eigenvalue weighted by Gasteiger charge is 1.38. The van der Waals surface area contributed by atoms with Crippen LogP contribution in [-0.4, -0.2) is 23.6 Å². The van der Waals surface area contributed by atoms with Crippen LogP contribution in [0.25, 0.3) is 0 Å². The van der Waals surface area contributed by atoms with Crippen molar-refractivity contribution in [3.8, 4) is 0 Å². The van der Waals surface area contributed by atoms with Crippen LogP contribution >= 0.6 is 0 Å². The summed E-state index contributed by atoms with van der Waals surface area (Å²) in [4.78, 5) is 0. The Kier molecular flexibility index (Phi) is 30.1. The van der Waals surface area contributed by atoms with Gasteiger partial charge in [0.2, 0.25) is 0 Å². The smallest absolute Gasteiger partial charge is 0.0135 e. The summed E-state index contributed by atoms with van der Waals surface area (Å²) in [6.07, 6.45) is 0. The number of nitrogens with one attached hydrogen (secondary N) is 1. The summed E-state index contributed by atoms with van der Waals surface area (Å²) in [6, 6.07) is 0. The Labute approximate surface area is 43.0 Å². The molecule has 0 heterocycles. The Balaban J connectivity index is 0. The molecule has 0 rings (SSSR count). The van der Waals surface area contributed by atoms with Gasteiger partial charge in [-0.2, -0.15) is 0 Å². The zero-order chi connectivity index (χ0) is 5.41. The average Bonchev–Trinajstić information content (AvgIpc) is 1.39. The molecule has 1 nitrogen and oxygen atoms in total. The molecule has 2 heteroatoms. The standard InChI is InChI=1S/C2H7N.C2H8Si/c2*1-3-2/h3H,1-2H3;3H2,1-2H3. The molecule has 0 radical (unpaired) electrons. The van der Waals surface area contributed by atoms with E-state index in [2.05, 4.69) is 18.4 Å². The van der Waals surface area contributed by atoms with Crippen molar-refractivity contribution in [1.29, 1.82) is 0 Å². The molecule has 0 amide bonds. The molecule has 0 aromatic heterocycles. The van der Waals surface area contributed by atoms with E-state index >= 15 is 0 Å². The van der Waals surface area contributed by atoms with E-state index in [4.69, 9.17) is 0 Å². The summed E-state index contributed by atoms with van der Waals surface area (Å²) in [6.45, 7) is 4.53. The molecule has 0 atom stereocenters. The number of hydrogen-bond donors (Lipinski definition) is 1. The van der Waals surface area contributed by atoms with Gasteiger partial charge in [0.05, 0.1) is 0 Å². The molecule has 0 aromatic carbocycles. The zero-order valence-corrected chi connectivity index (χ0v) is 6.62. The Bertz CT molecular complexity index is 9.51. The average molecular weight is 105 g/mol. The monoisotopic (exact) mass is 105 g/mol. The first-order chi connectivity index (χ1) is 2.83. The van der Waals surface area contributed by atoms with E-state index in [-0.39, 0.29) is 0 Å². The lowest BCUT2D eigenvalue weighted by atomic mass is 11.3. The maximum atomic E-state index is 2.75. The Hall–Kier alpha value is 0.177. The molecule has 0 unspecified atom stereocenters. The van der Waals surface area contributed by atoms with E-state index in [1.807, 2.05) is 14.1 Å². The minimum Gasteiger partial charge on any atom is -0.323 e. The molecule has 1 N–H and O–H groups in total. The lowest BCUT2D eigenvalue weighted by Crippen LogP contribution is -1.89. The molecule has 0 saturated heterocycles. The minimum absolute atomic E-state index is 0.417. The summed E-state index contributed by atoms with van der Waals surface area (Å²) in [5, 5.41) is 2.75. The third-order valence-corrected chi connectivity index (χ3v) is 0. The predicted octanol–water partition coefficient (Wildman–Crippen LogP) is 0.0870. The van der Waals surface area contributed by atoms with E-state index in [1.165, 1.54) is 0 Å². The highest BCUT2D eigenvalue weighted by atomic mass is 28.2. The summed E-state index contributed by atoms with van der Waals surface area (Å²) >= 11 is 0. The van der Waals surface area contributed by atoms with E-state index < -0.39 is 0 Å². The van der Waals surface area contributed by atoms with Crippen molar-refractivity contribution in [2.75, 3.05) is 14.1 Å². The lowest BCUT2D eigenvalue weighted by Gasteiger charge is -1.59. The van der Waals surface area contributed by atoms with Crippen molar-refractivity contribution in [2.24, 2.45) is 0 Å². The first-order valence-electron chi connectivity index (χ1n) is 2.41. The van der Waals surface area contributed by atoms with Gasteiger partial charge < -0.3 is 5.32 Å². The first kappa shape index (κ1) is 9.49. The Morgan fingerprint density at radius 3 is 1.17 bits per heavy atom. The summed E-state index contributed by atoms with van der Waals surface area (Å²) < 4.78 is 0. The highest BCUT2D eigenvalue weighted by Crippen LogP contribution is 1.36. The second-order valence-corrected chi connectivity index (χ2v) is 2.62. The van der Waals surface area contributed by atoms with Crippen LogP contribution in [0.5, 0.6) is 0 Å². The number of hydrogen-bond acceptors (Lipinski definition) is 1. The molecule has 0 bridgehead atoms. The minimum atomic E-state index is 0.417. The maximum absolute atomic E-state index is 2.75. The van der Waals surface area contributed by atoms with Crippen LogP contribution in [0.3, 0.4) is 0 Å². The molecule has 0 spiro atoms. The van der Waals surface area contributed by atoms with Gasteiger partial charge in [-0.3, -0.25) is 0 Å². The van der Waals surface area contributed by atoms with Crippen LogP contribution in [0.1, 0.15) is 0 Å². The second kappa shape index (κ2) is 19.1. The van der Waals surface area contributed by atoms with Gasteiger partial charge in [0, 0.05) is 9.52 Å². The lowest BCUT2D eigenvalue weighted by molar-refractivity contribution is 1.02. The fourth-order valence-electron chi connectivity index (χ4n) is 0. The molecule has 0 aromatic rings. The van der Waals surface area contributed by atoms with E-state index in [0.29, 0.717) is 9.52 Å². The van der Waals surface area contributed by atoms with Crippen LogP contribution in [0.2, 0.25) is 13.1 Å². The molecule has 0 aliphatic heterocycles. The fourth-order valence-corrected chi connectivity index (χ4v) is 0. The van der Waals surface area contributed by atoms with Crippen molar-refractivity contribution in [2.45, 2.75) is 13.1 Å². The topological polar surface area (TPSA) is 12.0 Å². The maximum Gasteiger partial charge on any atom is 0.0135 e. The molecular formula is C4H15NSi. The van der Waals surface area contributed by atoms with E-state index in [0.717, 1.165) is 0 Å². The van der Waals surface area contributed by atoms with Crippen molar-refractivity contribution in [1.82, 2.24) is 5.32 Å². The van der Waals surface area contributed by atoms with Crippen LogP contribution in [-0.2, 0) is 0 Å². The number of rotatable bonds is 0. The quantitative estimate of drug-likeness (QED) is 0.430. The summed E-state index contributed by atoms with van der Waals surface area (Å²) in [5.41, 5.74) is 0. The van der Waals surface area contributed by atoms with Gasteiger partial charge >= 0.3 is 0 Å². The third-order valence-electron chi connectivity index (χ3n) is 0. The van der Waals surface area contributed by atoms with Gasteiger partial charge in [0.25, 0.3) is 0 Å². The first-order valence-corrected chi connectivity index (χ1v) is 5.24. The normalized spacial score (nSPS) is 6.00. The molecule has 0 aliphatic carbocycles.